The number of hydrogen-bond acceptors (Lipinski definition) is 6. The number of fused-ring (bicyclic) bond motifs is 2. The molecule has 7 nitrogen and oxygen atoms in total. The molecule has 4 aromatic carbocycles. The maximum Gasteiger partial charge on any atom is 0.224 e. The molecule has 0 atom stereocenters. The van der Waals surface area contributed by atoms with E-state index in [1.54, 1.807) is 7.11 Å². The standard InChI is InChI=1S/C36H38Cl2N4O3/c1-44-34-25-26(14-19-33(34)41-36-29-9-4-6-11-31(29)40-32-12-7-5-10-30(32)36)39-35(43)13-3-2-8-24-45-28-17-15-27(16-18-28)42(22-20-37)23-21-38/h4-7,9-12,14-19,25H,2-3,8,13,20-24H2,1H3,(H,39,43)(H,40,41). The van der Waals surface area contributed by atoms with Crippen LogP contribution >= 0.6 is 23.2 Å². The van der Waals surface area contributed by atoms with Gasteiger partial charge < -0.3 is 25.0 Å². The number of hydrogen-bond donors (Lipinski definition) is 2. The summed E-state index contributed by atoms with van der Waals surface area (Å²) in [4.78, 5) is 19.7. The highest BCUT2D eigenvalue weighted by Crippen LogP contribution is 2.37. The molecule has 0 spiro atoms. The summed E-state index contributed by atoms with van der Waals surface area (Å²) in [5.74, 6) is 2.53. The van der Waals surface area contributed by atoms with E-state index in [1.165, 1.54) is 0 Å². The van der Waals surface area contributed by atoms with Gasteiger partial charge in [-0.3, -0.25) is 4.79 Å². The van der Waals surface area contributed by atoms with Gasteiger partial charge in [0.05, 0.1) is 36.1 Å². The first-order valence-electron chi connectivity index (χ1n) is 15.2. The van der Waals surface area contributed by atoms with Gasteiger partial charge in [-0.05, 0) is 67.8 Å². The zero-order chi connectivity index (χ0) is 31.4. The van der Waals surface area contributed by atoms with Gasteiger partial charge in [0.1, 0.15) is 11.5 Å². The predicted molar refractivity (Wildman–Crippen MR) is 188 cm³/mol. The molecule has 1 aromatic heterocycles. The number of methoxy groups -OCH3 is 1. The fourth-order valence-corrected chi connectivity index (χ4v) is 5.69. The van der Waals surface area contributed by atoms with E-state index in [-0.39, 0.29) is 5.91 Å². The lowest BCUT2D eigenvalue weighted by Gasteiger charge is -2.23. The van der Waals surface area contributed by atoms with Gasteiger partial charge in [0.25, 0.3) is 0 Å². The van der Waals surface area contributed by atoms with Crippen LogP contribution in [0.1, 0.15) is 25.7 Å². The van der Waals surface area contributed by atoms with E-state index in [4.69, 9.17) is 37.7 Å². The van der Waals surface area contributed by atoms with Crippen molar-refractivity contribution in [3.05, 3.63) is 91.0 Å². The van der Waals surface area contributed by atoms with Crippen LogP contribution in [-0.4, -0.2) is 49.5 Å². The van der Waals surface area contributed by atoms with Crippen molar-refractivity contribution in [2.75, 3.05) is 54.1 Å². The average molecular weight is 646 g/mol. The Morgan fingerprint density at radius 1 is 0.822 bits per heavy atom. The smallest absolute Gasteiger partial charge is 0.224 e. The van der Waals surface area contributed by atoms with Gasteiger partial charge in [-0.2, -0.15) is 0 Å². The quantitative estimate of drug-likeness (QED) is 0.0634. The molecule has 0 aliphatic carbocycles. The minimum absolute atomic E-state index is 0.0289. The van der Waals surface area contributed by atoms with Gasteiger partial charge >= 0.3 is 0 Å². The van der Waals surface area contributed by atoms with E-state index >= 15 is 0 Å². The number of ether oxygens (including phenoxy) is 2. The monoisotopic (exact) mass is 644 g/mol. The second-order valence-electron chi connectivity index (χ2n) is 10.6. The first-order valence-corrected chi connectivity index (χ1v) is 16.3. The van der Waals surface area contributed by atoms with Crippen molar-refractivity contribution in [2.24, 2.45) is 0 Å². The fourth-order valence-electron chi connectivity index (χ4n) is 5.29. The fraction of sp³-hybridized carbons (Fsp3) is 0.278. The number of rotatable bonds is 16. The van der Waals surface area contributed by atoms with Gasteiger partial charge in [-0.1, -0.05) is 36.4 Å². The van der Waals surface area contributed by atoms with E-state index in [9.17, 15) is 4.79 Å². The largest absolute Gasteiger partial charge is 0.494 e. The Hall–Kier alpha value is -4.20. The first kappa shape index (κ1) is 32.2. The molecule has 9 heteroatoms. The third-order valence-corrected chi connectivity index (χ3v) is 7.90. The van der Waals surface area contributed by atoms with Crippen LogP contribution in [0.4, 0.5) is 22.7 Å². The van der Waals surface area contributed by atoms with Crippen molar-refractivity contribution < 1.29 is 14.3 Å². The van der Waals surface area contributed by atoms with Crippen LogP contribution in [0.5, 0.6) is 11.5 Å². The average Bonchev–Trinajstić information content (AvgIpc) is 3.07. The van der Waals surface area contributed by atoms with Crippen molar-refractivity contribution in [3.8, 4) is 11.5 Å². The van der Waals surface area contributed by atoms with Crippen molar-refractivity contribution >= 4 is 73.7 Å². The van der Waals surface area contributed by atoms with Crippen LogP contribution in [0.15, 0.2) is 91.0 Å². The maximum absolute atomic E-state index is 12.7. The van der Waals surface area contributed by atoms with Crippen molar-refractivity contribution in [1.29, 1.82) is 0 Å². The zero-order valence-corrected chi connectivity index (χ0v) is 26.9. The highest BCUT2D eigenvalue weighted by Gasteiger charge is 2.13. The number of carbonyl (C=O) groups is 1. The number of aromatic nitrogens is 1. The lowest BCUT2D eigenvalue weighted by Crippen LogP contribution is -2.27. The summed E-state index contributed by atoms with van der Waals surface area (Å²) < 4.78 is 11.6. The van der Waals surface area contributed by atoms with Gasteiger partial charge in [0.2, 0.25) is 5.91 Å². The predicted octanol–water partition coefficient (Wildman–Crippen LogP) is 9.00. The third-order valence-electron chi connectivity index (χ3n) is 7.56. The van der Waals surface area contributed by atoms with Crippen LogP contribution in [0, 0.1) is 0 Å². The summed E-state index contributed by atoms with van der Waals surface area (Å²) in [5.41, 5.74) is 5.35. The Labute approximate surface area is 274 Å². The lowest BCUT2D eigenvalue weighted by atomic mass is 10.1. The van der Waals surface area contributed by atoms with E-state index < -0.39 is 0 Å². The molecule has 2 N–H and O–H groups in total. The number of benzene rings is 4. The Kier molecular flexibility index (Phi) is 11.6. The molecule has 0 radical (unpaired) electrons. The van der Waals surface area contributed by atoms with Gasteiger partial charge in [-0.25, -0.2) is 4.98 Å². The van der Waals surface area contributed by atoms with Crippen molar-refractivity contribution in [3.63, 3.8) is 0 Å². The first-order chi connectivity index (χ1) is 22.1. The molecule has 45 heavy (non-hydrogen) atoms. The molecular weight excluding hydrogens is 607 g/mol. The van der Waals surface area contributed by atoms with Gasteiger partial charge in [0, 0.05) is 59.5 Å². The molecule has 0 saturated heterocycles. The molecule has 1 heterocycles. The number of anilines is 4. The van der Waals surface area contributed by atoms with Crippen molar-refractivity contribution in [1.82, 2.24) is 4.98 Å². The molecule has 0 fully saturated rings. The molecule has 1 amide bonds. The normalized spacial score (nSPS) is 11.0. The molecular formula is C36H38Cl2N4O3. The summed E-state index contributed by atoms with van der Waals surface area (Å²) >= 11 is 11.8. The zero-order valence-electron chi connectivity index (χ0n) is 25.4. The number of unbranched alkanes of at least 4 members (excludes halogenated alkanes) is 2. The van der Waals surface area contributed by atoms with E-state index in [1.807, 2.05) is 78.9 Å². The van der Waals surface area contributed by atoms with E-state index in [0.717, 1.165) is 77.0 Å². The number of pyridine rings is 1. The summed E-state index contributed by atoms with van der Waals surface area (Å²) in [7, 11) is 1.63. The Balaban J connectivity index is 1.10. The van der Waals surface area contributed by atoms with Crippen LogP contribution in [0.2, 0.25) is 0 Å². The highest BCUT2D eigenvalue weighted by molar-refractivity contribution is 6.18. The molecule has 0 unspecified atom stereocenters. The van der Waals surface area contributed by atoms with Crippen molar-refractivity contribution in [2.45, 2.75) is 25.7 Å². The molecule has 0 bridgehead atoms. The van der Waals surface area contributed by atoms with E-state index in [0.29, 0.717) is 36.2 Å². The number of nitrogens with one attached hydrogen (secondary N) is 2. The summed E-state index contributed by atoms with van der Waals surface area (Å²) in [6.07, 6.45) is 2.97. The maximum atomic E-state index is 12.7. The second-order valence-corrected chi connectivity index (χ2v) is 11.4. The minimum atomic E-state index is -0.0289. The van der Waals surface area contributed by atoms with E-state index in [2.05, 4.69) is 27.7 Å². The van der Waals surface area contributed by atoms with Gasteiger partial charge in [0.15, 0.2) is 0 Å². The summed E-state index contributed by atoms with van der Waals surface area (Å²) in [6.45, 7) is 2.10. The molecule has 234 valence electrons. The molecule has 5 aromatic rings. The number of halogens is 2. The molecule has 0 aliphatic rings. The Bertz CT molecular complexity index is 1650. The third kappa shape index (κ3) is 8.50. The topological polar surface area (TPSA) is 75.7 Å². The summed E-state index contributed by atoms with van der Waals surface area (Å²) in [6, 6.07) is 29.8. The SMILES string of the molecule is COc1cc(NC(=O)CCCCCOc2ccc(N(CCCl)CCCl)cc2)ccc1Nc1c2ccccc2nc2ccccc12. The number of carbonyl (C=O) groups excluding carboxylic acids is 1. The second kappa shape index (κ2) is 16.2. The number of nitrogens with zero attached hydrogens (tertiary/aromatic N) is 2. The van der Waals surface area contributed by atoms with Crippen LogP contribution in [0.3, 0.4) is 0 Å². The number of amides is 1. The van der Waals surface area contributed by atoms with Crippen LogP contribution in [-0.2, 0) is 4.79 Å². The van der Waals surface area contributed by atoms with Crippen LogP contribution < -0.4 is 25.0 Å². The molecule has 0 saturated carbocycles. The molecule has 5 rings (SSSR count). The number of para-hydroxylation sites is 2. The minimum Gasteiger partial charge on any atom is -0.494 e. The van der Waals surface area contributed by atoms with Gasteiger partial charge in [-0.15, -0.1) is 23.2 Å². The van der Waals surface area contributed by atoms with Crippen LogP contribution in [0.25, 0.3) is 21.8 Å². The highest BCUT2D eigenvalue weighted by atomic mass is 35.5. The summed E-state index contributed by atoms with van der Waals surface area (Å²) in [5, 5.41) is 8.62. The Morgan fingerprint density at radius 3 is 2.13 bits per heavy atom. The lowest BCUT2D eigenvalue weighted by molar-refractivity contribution is -0.116. The number of alkyl halides is 2. The Morgan fingerprint density at radius 2 is 1.49 bits per heavy atom. The molecule has 0 aliphatic heterocycles.